The number of hydrogen-bond acceptors (Lipinski definition) is 5. The first-order chi connectivity index (χ1) is 14.4. The highest BCUT2D eigenvalue weighted by Crippen LogP contribution is 2.53. The highest BCUT2D eigenvalue weighted by molar-refractivity contribution is 7.15. The molecule has 2 bridgehead atoms. The number of carboxylic acid groups (broad SMARTS) is 1. The molecule has 2 fully saturated rings. The molecule has 2 aliphatic rings. The number of fused-ring (bicyclic) bond motifs is 2. The van der Waals surface area contributed by atoms with Gasteiger partial charge in [0, 0.05) is 10.9 Å². The van der Waals surface area contributed by atoms with E-state index in [-0.39, 0.29) is 23.8 Å². The zero-order chi connectivity index (χ0) is 21.4. The second kappa shape index (κ2) is 8.22. The number of carbonyl (C=O) groups excluding carboxylic acids is 2. The lowest BCUT2D eigenvalue weighted by Gasteiger charge is -2.27. The van der Waals surface area contributed by atoms with Crippen LogP contribution in [0, 0.1) is 23.7 Å². The molecule has 2 aliphatic carbocycles. The number of nitrogens with one attached hydrogen (secondary N) is 1. The number of benzene rings is 1. The van der Waals surface area contributed by atoms with Crippen molar-refractivity contribution in [1.82, 2.24) is 0 Å². The Kier molecular flexibility index (Phi) is 5.64. The van der Waals surface area contributed by atoms with Gasteiger partial charge in [-0.2, -0.15) is 0 Å². The summed E-state index contributed by atoms with van der Waals surface area (Å²) in [6, 6.07) is 9.46. The van der Waals surface area contributed by atoms with Crippen molar-refractivity contribution in [3.8, 4) is 11.1 Å². The van der Waals surface area contributed by atoms with E-state index in [4.69, 9.17) is 4.74 Å². The van der Waals surface area contributed by atoms with Crippen molar-refractivity contribution >= 4 is 34.2 Å². The van der Waals surface area contributed by atoms with Gasteiger partial charge < -0.3 is 15.2 Å². The molecule has 158 valence electrons. The molecule has 1 heterocycles. The minimum Gasteiger partial charge on any atom is -0.481 e. The first kappa shape index (κ1) is 20.6. The van der Waals surface area contributed by atoms with E-state index in [2.05, 4.69) is 5.32 Å². The van der Waals surface area contributed by atoms with Gasteiger partial charge in [-0.25, -0.2) is 4.79 Å². The maximum Gasteiger partial charge on any atom is 0.342 e. The molecule has 30 heavy (non-hydrogen) atoms. The topological polar surface area (TPSA) is 92.7 Å². The molecule has 2 aromatic rings. The summed E-state index contributed by atoms with van der Waals surface area (Å²) in [6.45, 7) is 3.55. The number of ether oxygens (including phenoxy) is 1. The van der Waals surface area contributed by atoms with E-state index >= 15 is 0 Å². The van der Waals surface area contributed by atoms with Gasteiger partial charge in [0.05, 0.1) is 17.9 Å². The first-order valence-electron chi connectivity index (χ1n) is 10.3. The van der Waals surface area contributed by atoms with E-state index in [0.717, 1.165) is 24.8 Å². The number of rotatable bonds is 6. The molecular weight excluding hydrogens is 402 g/mol. The van der Waals surface area contributed by atoms with Gasteiger partial charge in [0.1, 0.15) is 10.6 Å². The van der Waals surface area contributed by atoms with Gasteiger partial charge in [-0.15, -0.1) is 11.3 Å². The Balaban J connectivity index is 1.65. The number of aliphatic carboxylic acids is 1. The summed E-state index contributed by atoms with van der Waals surface area (Å²) in [7, 11) is 0. The fraction of sp³-hybridized carbons (Fsp3) is 0.435. The Morgan fingerprint density at radius 2 is 1.77 bits per heavy atom. The lowest BCUT2D eigenvalue weighted by molar-refractivity contribution is -0.148. The van der Waals surface area contributed by atoms with Crippen molar-refractivity contribution in [2.45, 2.75) is 39.2 Å². The largest absolute Gasteiger partial charge is 0.481 e. The van der Waals surface area contributed by atoms with Crippen LogP contribution in [-0.2, 0) is 14.3 Å². The van der Waals surface area contributed by atoms with Gasteiger partial charge in [0.2, 0.25) is 5.91 Å². The Labute approximate surface area is 179 Å². The van der Waals surface area contributed by atoms with Crippen molar-refractivity contribution in [3.63, 3.8) is 0 Å². The van der Waals surface area contributed by atoms with Crippen LogP contribution in [0.1, 0.15) is 43.5 Å². The van der Waals surface area contributed by atoms with Gasteiger partial charge in [0.25, 0.3) is 0 Å². The molecule has 4 atom stereocenters. The van der Waals surface area contributed by atoms with Crippen molar-refractivity contribution in [2.24, 2.45) is 23.7 Å². The number of amides is 1. The van der Waals surface area contributed by atoms with E-state index in [9.17, 15) is 19.5 Å². The highest BCUT2D eigenvalue weighted by atomic mass is 32.1. The normalized spacial score (nSPS) is 24.8. The molecule has 0 radical (unpaired) electrons. The summed E-state index contributed by atoms with van der Waals surface area (Å²) in [5.41, 5.74) is 1.88. The van der Waals surface area contributed by atoms with E-state index in [1.165, 1.54) is 11.3 Å². The molecule has 1 aromatic heterocycles. The monoisotopic (exact) mass is 427 g/mol. The summed E-state index contributed by atoms with van der Waals surface area (Å²) in [5, 5.41) is 14.8. The quantitative estimate of drug-likeness (QED) is 0.654. The van der Waals surface area contributed by atoms with Crippen LogP contribution in [0.2, 0.25) is 0 Å². The van der Waals surface area contributed by atoms with Crippen molar-refractivity contribution in [1.29, 1.82) is 0 Å². The third-order valence-corrected chi connectivity index (χ3v) is 7.06. The Morgan fingerprint density at radius 3 is 2.40 bits per heavy atom. The van der Waals surface area contributed by atoms with E-state index in [1.54, 1.807) is 13.8 Å². The summed E-state index contributed by atoms with van der Waals surface area (Å²) in [4.78, 5) is 37.8. The van der Waals surface area contributed by atoms with Crippen LogP contribution in [0.25, 0.3) is 11.1 Å². The lowest BCUT2D eigenvalue weighted by Crippen LogP contribution is -2.38. The molecule has 1 aromatic carbocycles. The molecule has 6 nitrogen and oxygen atoms in total. The fourth-order valence-corrected chi connectivity index (χ4v) is 5.94. The highest BCUT2D eigenvalue weighted by Gasteiger charge is 2.54. The second-order valence-corrected chi connectivity index (χ2v) is 9.27. The van der Waals surface area contributed by atoms with Gasteiger partial charge in [-0.05, 0) is 50.5 Å². The summed E-state index contributed by atoms with van der Waals surface area (Å²) in [6.07, 6.45) is 2.24. The standard InChI is InChI=1S/C23H25NO5S/c1-12(2)29-23(28)19-16(13-6-4-3-5-7-13)11-30-21(19)24-20(25)17-14-8-9-15(10-14)18(17)22(26)27/h3-7,11-12,14-15,17-18H,8-10H2,1-2H3,(H,24,25)(H,26,27)/t14-,15-,17+,18+/m0/s1. The van der Waals surface area contributed by atoms with Crippen molar-refractivity contribution < 1.29 is 24.2 Å². The predicted molar refractivity (Wildman–Crippen MR) is 114 cm³/mol. The summed E-state index contributed by atoms with van der Waals surface area (Å²) >= 11 is 1.26. The lowest BCUT2D eigenvalue weighted by atomic mass is 9.79. The number of hydrogen-bond donors (Lipinski definition) is 2. The molecule has 0 spiro atoms. The van der Waals surface area contributed by atoms with Crippen LogP contribution < -0.4 is 5.32 Å². The van der Waals surface area contributed by atoms with Gasteiger partial charge >= 0.3 is 11.9 Å². The molecule has 0 aliphatic heterocycles. The smallest absolute Gasteiger partial charge is 0.342 e. The zero-order valence-electron chi connectivity index (χ0n) is 17.0. The first-order valence-corrected chi connectivity index (χ1v) is 11.2. The van der Waals surface area contributed by atoms with Crippen molar-refractivity contribution in [2.75, 3.05) is 5.32 Å². The average Bonchev–Trinajstić information content (AvgIpc) is 3.42. The maximum absolute atomic E-state index is 13.1. The van der Waals surface area contributed by atoms with Crippen molar-refractivity contribution in [3.05, 3.63) is 41.3 Å². The molecule has 0 saturated heterocycles. The third kappa shape index (κ3) is 3.74. The van der Waals surface area contributed by atoms with Crippen LogP contribution >= 0.6 is 11.3 Å². The SMILES string of the molecule is CC(C)OC(=O)c1c(-c2ccccc2)csc1NC(=O)[C@@H]1[C@H]2CC[C@@H](C2)[C@H]1C(=O)O. The molecule has 2 saturated carbocycles. The number of anilines is 1. The van der Waals surface area contributed by atoms with E-state index in [0.29, 0.717) is 16.1 Å². The number of thiophene rings is 1. The van der Waals surface area contributed by atoms with Crippen LogP contribution in [0.5, 0.6) is 0 Å². The Hall–Kier alpha value is -2.67. The Morgan fingerprint density at radius 1 is 1.10 bits per heavy atom. The Bertz CT molecular complexity index is 967. The van der Waals surface area contributed by atoms with E-state index in [1.807, 2.05) is 35.7 Å². The van der Waals surface area contributed by atoms with Crippen LogP contribution in [0.4, 0.5) is 5.00 Å². The zero-order valence-corrected chi connectivity index (χ0v) is 17.8. The predicted octanol–water partition coefficient (Wildman–Crippen LogP) is 4.67. The van der Waals surface area contributed by atoms with Gasteiger partial charge in [-0.1, -0.05) is 30.3 Å². The maximum atomic E-state index is 13.1. The summed E-state index contributed by atoms with van der Waals surface area (Å²) in [5.74, 6) is -2.76. The number of carbonyl (C=O) groups is 3. The van der Waals surface area contributed by atoms with E-state index < -0.39 is 23.8 Å². The molecule has 2 N–H and O–H groups in total. The van der Waals surface area contributed by atoms with Crippen LogP contribution in [0.3, 0.4) is 0 Å². The molecule has 7 heteroatoms. The molecular formula is C23H25NO5S. The average molecular weight is 428 g/mol. The van der Waals surface area contributed by atoms with Crippen LogP contribution in [-0.4, -0.2) is 29.1 Å². The number of esters is 1. The van der Waals surface area contributed by atoms with Gasteiger partial charge in [0.15, 0.2) is 0 Å². The number of carboxylic acids is 1. The summed E-state index contributed by atoms with van der Waals surface area (Å²) < 4.78 is 5.44. The molecule has 0 unspecified atom stereocenters. The molecule has 4 rings (SSSR count). The van der Waals surface area contributed by atoms with Gasteiger partial charge in [-0.3, -0.25) is 9.59 Å². The minimum atomic E-state index is -0.905. The molecule has 1 amide bonds. The minimum absolute atomic E-state index is 0.0665. The fourth-order valence-electron chi connectivity index (χ4n) is 4.97. The second-order valence-electron chi connectivity index (χ2n) is 8.39. The third-order valence-electron chi connectivity index (χ3n) is 6.16. The van der Waals surface area contributed by atoms with Crippen LogP contribution in [0.15, 0.2) is 35.7 Å².